The fourth-order valence-electron chi connectivity index (χ4n) is 1.98. The summed E-state index contributed by atoms with van der Waals surface area (Å²) in [5.74, 6) is 0. The highest BCUT2D eigenvalue weighted by molar-refractivity contribution is 5.85. The van der Waals surface area contributed by atoms with Crippen molar-refractivity contribution in [1.29, 1.82) is 0 Å². The Balaban J connectivity index is 0.00000128. The second-order valence-electron chi connectivity index (χ2n) is 4.32. The third kappa shape index (κ3) is 5.68. The summed E-state index contributed by atoms with van der Waals surface area (Å²) >= 11 is 0. The Kier molecular flexibility index (Phi) is 8.52. The van der Waals surface area contributed by atoms with Crippen molar-refractivity contribution in [2.24, 2.45) is 0 Å². The van der Waals surface area contributed by atoms with Crippen LogP contribution in [0.1, 0.15) is 18.4 Å². The molecule has 3 nitrogen and oxygen atoms in total. The third-order valence-corrected chi connectivity index (χ3v) is 3.04. The summed E-state index contributed by atoms with van der Waals surface area (Å²) in [6, 6.07) is 4.79. The van der Waals surface area contributed by atoms with Gasteiger partial charge in [-0.1, -0.05) is 6.07 Å². The first-order valence-corrected chi connectivity index (χ1v) is 5.65. The molecule has 0 aliphatic carbocycles. The Hall–Kier alpha value is -0.350. The minimum Gasteiger partial charge on any atom is -0.310 e. The van der Waals surface area contributed by atoms with Gasteiger partial charge in [-0.25, -0.2) is 0 Å². The van der Waals surface area contributed by atoms with Crippen molar-refractivity contribution in [3.63, 3.8) is 0 Å². The van der Waals surface area contributed by atoms with E-state index in [1.54, 1.807) is 0 Å². The summed E-state index contributed by atoms with van der Waals surface area (Å²) in [6.45, 7) is 3.37. The summed E-state index contributed by atoms with van der Waals surface area (Å²) in [6.07, 6.45) is 6.27. The molecule has 0 spiro atoms. The summed E-state index contributed by atoms with van der Waals surface area (Å²) in [7, 11) is 2.19. The van der Waals surface area contributed by atoms with Gasteiger partial charge in [0.05, 0.1) is 0 Å². The molecule has 1 aliphatic heterocycles. The van der Waals surface area contributed by atoms with Crippen molar-refractivity contribution in [3.05, 3.63) is 30.1 Å². The van der Waals surface area contributed by atoms with E-state index < -0.39 is 0 Å². The summed E-state index contributed by atoms with van der Waals surface area (Å²) in [5, 5.41) is 3.59. The Morgan fingerprint density at radius 2 is 2.06 bits per heavy atom. The second-order valence-corrected chi connectivity index (χ2v) is 4.32. The summed E-state index contributed by atoms with van der Waals surface area (Å²) in [4.78, 5) is 6.50. The second kappa shape index (κ2) is 8.70. The molecule has 0 amide bonds. The van der Waals surface area contributed by atoms with Gasteiger partial charge in [-0.15, -0.1) is 24.8 Å². The van der Waals surface area contributed by atoms with Crippen molar-refractivity contribution in [1.82, 2.24) is 15.2 Å². The molecule has 0 aromatic carbocycles. The van der Waals surface area contributed by atoms with Crippen molar-refractivity contribution in [2.75, 3.05) is 20.1 Å². The van der Waals surface area contributed by atoms with Gasteiger partial charge in [0.1, 0.15) is 0 Å². The minimum atomic E-state index is 0. The maximum absolute atomic E-state index is 4.11. The number of rotatable bonds is 3. The number of pyridine rings is 1. The van der Waals surface area contributed by atoms with Crippen molar-refractivity contribution in [3.8, 4) is 0 Å². The quantitative estimate of drug-likeness (QED) is 0.918. The van der Waals surface area contributed by atoms with Gasteiger partial charge in [0.25, 0.3) is 0 Å². The Labute approximate surface area is 116 Å². The molecule has 1 N–H and O–H groups in total. The van der Waals surface area contributed by atoms with Crippen molar-refractivity contribution >= 4 is 24.8 Å². The number of aromatic nitrogens is 1. The molecule has 0 radical (unpaired) electrons. The first kappa shape index (κ1) is 16.6. The van der Waals surface area contributed by atoms with E-state index in [2.05, 4.69) is 28.3 Å². The summed E-state index contributed by atoms with van der Waals surface area (Å²) in [5.41, 5.74) is 1.27. The number of hydrogen-bond acceptors (Lipinski definition) is 3. The average Bonchev–Trinajstić information content (AvgIpc) is 2.30. The van der Waals surface area contributed by atoms with Crippen molar-refractivity contribution < 1.29 is 0 Å². The van der Waals surface area contributed by atoms with Crippen LogP contribution < -0.4 is 5.32 Å². The fraction of sp³-hybridized carbons (Fsp3) is 0.583. The van der Waals surface area contributed by atoms with Gasteiger partial charge in [0, 0.05) is 25.0 Å². The number of hydrogen-bond donors (Lipinski definition) is 1. The molecule has 98 valence electrons. The van der Waals surface area contributed by atoms with Crippen LogP contribution >= 0.6 is 24.8 Å². The van der Waals surface area contributed by atoms with E-state index in [0.29, 0.717) is 6.04 Å². The van der Waals surface area contributed by atoms with Crippen LogP contribution in [0, 0.1) is 0 Å². The lowest BCUT2D eigenvalue weighted by molar-refractivity contribution is 0.234. The number of nitrogens with one attached hydrogen (secondary N) is 1. The molecule has 1 saturated heterocycles. The Morgan fingerprint density at radius 1 is 1.35 bits per heavy atom. The van der Waals surface area contributed by atoms with Crippen LogP contribution in [0.4, 0.5) is 0 Å². The van der Waals surface area contributed by atoms with Crippen LogP contribution in [0.3, 0.4) is 0 Å². The lowest BCUT2D eigenvalue weighted by Crippen LogP contribution is -2.40. The van der Waals surface area contributed by atoms with Crippen LogP contribution in [0.5, 0.6) is 0 Å². The molecule has 1 aliphatic rings. The molecule has 5 heteroatoms. The van der Waals surface area contributed by atoms with Gasteiger partial charge in [-0.2, -0.15) is 0 Å². The van der Waals surface area contributed by atoms with E-state index in [1.807, 2.05) is 18.5 Å². The number of piperidine rings is 1. The highest BCUT2D eigenvalue weighted by atomic mass is 35.5. The topological polar surface area (TPSA) is 28.2 Å². The average molecular weight is 278 g/mol. The maximum atomic E-state index is 4.11. The molecule has 1 aromatic rings. The van der Waals surface area contributed by atoms with E-state index in [-0.39, 0.29) is 24.8 Å². The van der Waals surface area contributed by atoms with Crippen LogP contribution in [0.25, 0.3) is 0 Å². The lowest BCUT2D eigenvalue weighted by atomic mass is 10.1. The number of likely N-dealkylation sites (tertiary alicyclic amines) is 1. The molecule has 2 rings (SSSR count). The van der Waals surface area contributed by atoms with Crippen LogP contribution in [0.2, 0.25) is 0 Å². The third-order valence-electron chi connectivity index (χ3n) is 3.04. The van der Waals surface area contributed by atoms with Crippen LogP contribution in [-0.2, 0) is 6.54 Å². The standard InChI is InChI=1S/C12H19N3.2ClH/c1-15-7-4-12(5-8-15)14-10-11-3-2-6-13-9-11;;/h2-3,6,9,12,14H,4-5,7-8,10H2,1H3;2*1H. The van der Waals surface area contributed by atoms with E-state index in [9.17, 15) is 0 Å². The predicted octanol–water partition coefficient (Wildman–Crippen LogP) is 2.11. The maximum Gasteiger partial charge on any atom is 0.0312 e. The molecule has 0 unspecified atom stereocenters. The SMILES string of the molecule is CN1CCC(NCc2cccnc2)CC1.Cl.Cl. The molecule has 0 atom stereocenters. The monoisotopic (exact) mass is 277 g/mol. The number of halogens is 2. The minimum absolute atomic E-state index is 0. The molecule has 2 heterocycles. The van der Waals surface area contributed by atoms with Gasteiger partial charge in [0.15, 0.2) is 0 Å². The van der Waals surface area contributed by atoms with E-state index in [1.165, 1.54) is 31.5 Å². The zero-order valence-corrected chi connectivity index (χ0v) is 11.8. The Morgan fingerprint density at radius 3 is 2.65 bits per heavy atom. The van der Waals surface area contributed by atoms with Gasteiger partial charge < -0.3 is 10.2 Å². The lowest BCUT2D eigenvalue weighted by Gasteiger charge is -2.29. The molecule has 0 saturated carbocycles. The Bertz CT molecular complexity index is 287. The molecular weight excluding hydrogens is 257 g/mol. The fourth-order valence-corrected chi connectivity index (χ4v) is 1.98. The number of nitrogens with zero attached hydrogens (tertiary/aromatic N) is 2. The van der Waals surface area contributed by atoms with E-state index in [4.69, 9.17) is 0 Å². The molecule has 1 fully saturated rings. The molecular formula is C12H21Cl2N3. The highest BCUT2D eigenvalue weighted by Crippen LogP contribution is 2.08. The summed E-state index contributed by atoms with van der Waals surface area (Å²) < 4.78 is 0. The van der Waals surface area contributed by atoms with E-state index >= 15 is 0 Å². The first-order chi connectivity index (χ1) is 7.34. The zero-order chi connectivity index (χ0) is 10.5. The zero-order valence-electron chi connectivity index (χ0n) is 10.1. The molecule has 1 aromatic heterocycles. The van der Waals surface area contributed by atoms with Crippen LogP contribution in [-0.4, -0.2) is 36.1 Å². The van der Waals surface area contributed by atoms with Gasteiger partial charge >= 0.3 is 0 Å². The van der Waals surface area contributed by atoms with Crippen LogP contribution in [0.15, 0.2) is 24.5 Å². The van der Waals surface area contributed by atoms with Gasteiger partial charge in [-0.05, 0) is 44.6 Å². The first-order valence-electron chi connectivity index (χ1n) is 5.65. The van der Waals surface area contributed by atoms with E-state index in [0.717, 1.165) is 6.54 Å². The molecule has 17 heavy (non-hydrogen) atoms. The van der Waals surface area contributed by atoms with Crippen molar-refractivity contribution in [2.45, 2.75) is 25.4 Å². The smallest absolute Gasteiger partial charge is 0.0312 e. The largest absolute Gasteiger partial charge is 0.310 e. The molecule has 0 bridgehead atoms. The normalized spacial score (nSPS) is 17.0. The highest BCUT2D eigenvalue weighted by Gasteiger charge is 2.15. The predicted molar refractivity (Wildman–Crippen MR) is 76.1 cm³/mol. The van der Waals surface area contributed by atoms with Gasteiger partial charge in [0.2, 0.25) is 0 Å². The van der Waals surface area contributed by atoms with Gasteiger partial charge in [-0.3, -0.25) is 4.98 Å².